The van der Waals surface area contributed by atoms with E-state index in [1.807, 2.05) is 18.2 Å². The molecule has 0 aliphatic heterocycles. The summed E-state index contributed by atoms with van der Waals surface area (Å²) >= 11 is 0. The molecule has 2 amide bonds. The number of hydrogen-bond acceptors (Lipinski definition) is 3. The summed E-state index contributed by atoms with van der Waals surface area (Å²) in [5.41, 5.74) is 0.705. The van der Waals surface area contributed by atoms with Crippen molar-refractivity contribution in [3.63, 3.8) is 0 Å². The fraction of sp³-hybridized carbons (Fsp3) is 0.429. The number of unbranched alkanes of at least 4 members (excludes halogenated alkanes) is 1. The molecule has 5 nitrogen and oxygen atoms in total. The predicted octanol–water partition coefficient (Wildman–Crippen LogP) is 2.65. The second-order valence-corrected chi connectivity index (χ2v) is 4.51. The van der Waals surface area contributed by atoms with Crippen molar-refractivity contribution < 1.29 is 9.53 Å². The van der Waals surface area contributed by atoms with Crippen molar-refractivity contribution in [2.24, 2.45) is 0 Å². The van der Waals surface area contributed by atoms with Crippen LogP contribution in [-0.2, 0) is 0 Å². The Labute approximate surface area is 112 Å². The highest BCUT2D eigenvalue weighted by molar-refractivity contribution is 5.89. The van der Waals surface area contributed by atoms with Gasteiger partial charge in [0.15, 0.2) is 0 Å². The van der Waals surface area contributed by atoms with Crippen LogP contribution in [0.25, 0.3) is 0 Å². The Bertz CT molecular complexity index is 478. The molecule has 1 aliphatic carbocycles. The molecular weight excluding hydrogens is 242 g/mol. The van der Waals surface area contributed by atoms with E-state index in [0.717, 1.165) is 12.8 Å². The molecule has 1 aromatic carbocycles. The number of urea groups is 1. The maximum atomic E-state index is 11.6. The lowest BCUT2D eigenvalue weighted by Gasteiger charge is -2.09. The van der Waals surface area contributed by atoms with Crippen LogP contribution in [0.4, 0.5) is 10.5 Å². The van der Waals surface area contributed by atoms with E-state index in [-0.39, 0.29) is 6.03 Å². The first-order chi connectivity index (χ1) is 9.28. The Morgan fingerprint density at radius 3 is 3.05 bits per heavy atom. The number of rotatable bonds is 6. The number of hydrogen-bond donors (Lipinski definition) is 2. The molecule has 19 heavy (non-hydrogen) atoms. The van der Waals surface area contributed by atoms with Crippen molar-refractivity contribution in [3.8, 4) is 11.8 Å². The molecule has 0 aromatic heterocycles. The number of nitrogens with zero attached hydrogens (tertiary/aromatic N) is 1. The quantitative estimate of drug-likeness (QED) is 0.771. The number of nitriles is 1. The second kappa shape index (κ2) is 6.64. The highest BCUT2D eigenvalue weighted by atomic mass is 16.5. The van der Waals surface area contributed by atoms with Gasteiger partial charge < -0.3 is 15.4 Å². The van der Waals surface area contributed by atoms with Crippen molar-refractivity contribution >= 4 is 11.7 Å². The summed E-state index contributed by atoms with van der Waals surface area (Å²) in [6, 6.07) is 9.48. The van der Waals surface area contributed by atoms with Crippen molar-refractivity contribution in [2.45, 2.75) is 31.7 Å². The number of benzene rings is 1. The summed E-state index contributed by atoms with van der Waals surface area (Å²) in [5, 5.41) is 14.1. The van der Waals surface area contributed by atoms with Gasteiger partial charge in [-0.15, -0.1) is 0 Å². The summed E-state index contributed by atoms with van der Waals surface area (Å²) < 4.78 is 5.50. The van der Waals surface area contributed by atoms with Gasteiger partial charge in [0, 0.05) is 24.2 Å². The average Bonchev–Trinajstić information content (AvgIpc) is 3.19. The minimum absolute atomic E-state index is 0.177. The largest absolute Gasteiger partial charge is 0.493 e. The lowest BCUT2D eigenvalue weighted by atomic mass is 10.3. The summed E-state index contributed by atoms with van der Waals surface area (Å²) in [4.78, 5) is 11.6. The standard InChI is InChI=1S/C14H17N3O2/c15-8-1-2-9-19-13-5-3-4-12(10-13)17-14(18)16-11-6-7-11/h3-5,10-11H,1-2,6-7,9H2,(H2,16,17,18). The lowest BCUT2D eigenvalue weighted by Crippen LogP contribution is -2.30. The van der Waals surface area contributed by atoms with Crippen molar-refractivity contribution in [3.05, 3.63) is 24.3 Å². The summed E-state index contributed by atoms with van der Waals surface area (Å²) in [5.74, 6) is 0.696. The maximum Gasteiger partial charge on any atom is 0.319 e. The van der Waals surface area contributed by atoms with Gasteiger partial charge in [-0.1, -0.05) is 6.07 Å². The lowest BCUT2D eigenvalue weighted by molar-refractivity contribution is 0.251. The number of anilines is 1. The Morgan fingerprint density at radius 2 is 2.32 bits per heavy atom. The van der Waals surface area contributed by atoms with Crippen LogP contribution < -0.4 is 15.4 Å². The van der Waals surface area contributed by atoms with E-state index in [0.29, 0.717) is 36.9 Å². The fourth-order valence-electron chi connectivity index (χ4n) is 1.59. The average molecular weight is 259 g/mol. The molecule has 2 rings (SSSR count). The van der Waals surface area contributed by atoms with Crippen LogP contribution in [0.3, 0.4) is 0 Å². The van der Waals surface area contributed by atoms with Crippen LogP contribution in [0.5, 0.6) is 5.75 Å². The molecule has 1 aromatic rings. The number of carbonyl (C=O) groups excluding carboxylic acids is 1. The SMILES string of the molecule is N#CCCCOc1cccc(NC(=O)NC2CC2)c1. The van der Waals surface area contributed by atoms with Crippen molar-refractivity contribution in [1.82, 2.24) is 5.32 Å². The Kier molecular flexibility index (Phi) is 4.62. The van der Waals surface area contributed by atoms with E-state index >= 15 is 0 Å². The van der Waals surface area contributed by atoms with E-state index in [1.54, 1.807) is 6.07 Å². The van der Waals surface area contributed by atoms with E-state index < -0.39 is 0 Å². The Morgan fingerprint density at radius 1 is 1.47 bits per heavy atom. The number of carbonyl (C=O) groups is 1. The highest BCUT2D eigenvalue weighted by Crippen LogP contribution is 2.20. The molecule has 0 spiro atoms. The normalized spacial score (nSPS) is 13.4. The zero-order valence-corrected chi connectivity index (χ0v) is 10.7. The van der Waals surface area contributed by atoms with Crippen molar-refractivity contribution in [2.75, 3.05) is 11.9 Å². The van der Waals surface area contributed by atoms with Gasteiger partial charge in [-0.2, -0.15) is 5.26 Å². The van der Waals surface area contributed by atoms with E-state index in [2.05, 4.69) is 16.7 Å². The van der Waals surface area contributed by atoms with Gasteiger partial charge in [0.25, 0.3) is 0 Å². The summed E-state index contributed by atoms with van der Waals surface area (Å²) in [7, 11) is 0. The third kappa shape index (κ3) is 4.88. The predicted molar refractivity (Wildman–Crippen MR) is 72.0 cm³/mol. The van der Waals surface area contributed by atoms with E-state index in [1.165, 1.54) is 0 Å². The molecule has 0 saturated heterocycles. The van der Waals surface area contributed by atoms with Crippen LogP contribution in [0, 0.1) is 11.3 Å². The fourth-order valence-corrected chi connectivity index (χ4v) is 1.59. The van der Waals surface area contributed by atoms with E-state index in [9.17, 15) is 4.79 Å². The number of nitrogens with one attached hydrogen (secondary N) is 2. The Hall–Kier alpha value is -2.22. The van der Waals surface area contributed by atoms with Gasteiger partial charge in [-0.25, -0.2) is 4.79 Å². The molecule has 0 atom stereocenters. The smallest absolute Gasteiger partial charge is 0.319 e. The van der Waals surface area contributed by atoms with Crippen LogP contribution in [0.2, 0.25) is 0 Å². The van der Waals surface area contributed by atoms with Gasteiger partial charge in [0.1, 0.15) is 5.75 Å². The number of ether oxygens (including phenoxy) is 1. The maximum absolute atomic E-state index is 11.6. The molecule has 100 valence electrons. The van der Waals surface area contributed by atoms with Crippen LogP contribution in [-0.4, -0.2) is 18.7 Å². The van der Waals surface area contributed by atoms with Gasteiger partial charge in [0.2, 0.25) is 0 Å². The first kappa shape index (κ1) is 13.2. The first-order valence-electron chi connectivity index (χ1n) is 6.45. The number of amides is 2. The molecule has 1 fully saturated rings. The van der Waals surface area contributed by atoms with Crippen molar-refractivity contribution in [1.29, 1.82) is 5.26 Å². The molecular formula is C14H17N3O2. The van der Waals surface area contributed by atoms with Crippen LogP contribution >= 0.6 is 0 Å². The van der Waals surface area contributed by atoms with Crippen LogP contribution in [0.1, 0.15) is 25.7 Å². The zero-order chi connectivity index (χ0) is 13.5. The first-order valence-corrected chi connectivity index (χ1v) is 6.45. The highest BCUT2D eigenvalue weighted by Gasteiger charge is 2.23. The molecule has 5 heteroatoms. The zero-order valence-electron chi connectivity index (χ0n) is 10.7. The summed E-state index contributed by atoms with van der Waals surface area (Å²) in [6.45, 7) is 0.505. The minimum atomic E-state index is -0.177. The molecule has 1 aliphatic rings. The second-order valence-electron chi connectivity index (χ2n) is 4.51. The minimum Gasteiger partial charge on any atom is -0.493 e. The van der Waals surface area contributed by atoms with Gasteiger partial charge in [-0.05, 0) is 31.4 Å². The molecule has 1 saturated carbocycles. The molecule has 0 radical (unpaired) electrons. The summed E-state index contributed by atoms with van der Waals surface area (Å²) in [6.07, 6.45) is 3.32. The topological polar surface area (TPSA) is 74.1 Å². The van der Waals surface area contributed by atoms with E-state index in [4.69, 9.17) is 10.00 Å². The monoisotopic (exact) mass is 259 g/mol. The Balaban J connectivity index is 1.80. The molecule has 0 heterocycles. The van der Waals surface area contributed by atoms with Gasteiger partial charge >= 0.3 is 6.03 Å². The molecule has 0 unspecified atom stereocenters. The molecule has 2 N–H and O–H groups in total. The van der Waals surface area contributed by atoms with Gasteiger partial charge in [0.05, 0.1) is 12.7 Å². The third-order valence-electron chi connectivity index (χ3n) is 2.71. The molecule has 0 bridgehead atoms. The van der Waals surface area contributed by atoms with Crippen LogP contribution in [0.15, 0.2) is 24.3 Å². The van der Waals surface area contributed by atoms with Gasteiger partial charge in [-0.3, -0.25) is 0 Å². The third-order valence-corrected chi connectivity index (χ3v) is 2.71.